The Hall–Kier alpha value is -2.78. The first kappa shape index (κ1) is 17.6. The van der Waals surface area contributed by atoms with E-state index in [2.05, 4.69) is 4.98 Å². The van der Waals surface area contributed by atoms with E-state index in [9.17, 15) is 18.0 Å². The van der Waals surface area contributed by atoms with Crippen molar-refractivity contribution in [1.29, 1.82) is 0 Å². The fraction of sp³-hybridized carbons (Fsp3) is 0.278. The minimum atomic E-state index is -3.72. The molecule has 9 heteroatoms. The molecule has 1 aromatic carbocycles. The Morgan fingerprint density at radius 3 is 2.52 bits per heavy atom. The first-order valence-corrected chi connectivity index (χ1v) is 9.84. The Labute approximate surface area is 156 Å². The smallest absolute Gasteiger partial charge is 0.280 e. The lowest BCUT2D eigenvalue weighted by atomic mass is 10.2. The molecule has 1 atom stereocenters. The third kappa shape index (κ3) is 2.79. The van der Waals surface area contributed by atoms with Crippen LogP contribution in [0.25, 0.3) is 0 Å². The molecule has 0 saturated carbocycles. The minimum absolute atomic E-state index is 0.0693. The minimum Gasteiger partial charge on any atom is -0.497 e. The number of fused-ring (bicyclic) bond motifs is 1. The number of carbonyl (C=O) groups excluding carboxylic acids is 2. The number of aromatic nitrogens is 1. The first-order valence-electron chi connectivity index (χ1n) is 8.40. The van der Waals surface area contributed by atoms with Gasteiger partial charge in [-0.2, -0.15) is 4.31 Å². The molecule has 0 bridgehead atoms. The van der Waals surface area contributed by atoms with Crippen LogP contribution in [-0.2, 0) is 10.0 Å². The van der Waals surface area contributed by atoms with E-state index in [0.29, 0.717) is 12.2 Å². The van der Waals surface area contributed by atoms with Crippen molar-refractivity contribution in [1.82, 2.24) is 14.2 Å². The second-order valence-corrected chi connectivity index (χ2v) is 8.30. The highest BCUT2D eigenvalue weighted by Crippen LogP contribution is 2.29. The number of hydrogen-bond donors (Lipinski definition) is 0. The van der Waals surface area contributed by atoms with Gasteiger partial charge in [0, 0.05) is 19.3 Å². The van der Waals surface area contributed by atoms with Crippen LogP contribution in [0.1, 0.15) is 27.3 Å². The van der Waals surface area contributed by atoms with Gasteiger partial charge in [0.05, 0.1) is 23.6 Å². The molecule has 1 unspecified atom stereocenters. The third-order valence-corrected chi connectivity index (χ3v) is 6.75. The Morgan fingerprint density at radius 1 is 1.11 bits per heavy atom. The number of rotatable bonds is 4. The van der Waals surface area contributed by atoms with E-state index in [1.54, 1.807) is 24.3 Å². The number of sulfonamides is 1. The zero-order chi connectivity index (χ0) is 19.2. The van der Waals surface area contributed by atoms with Gasteiger partial charge >= 0.3 is 0 Å². The summed E-state index contributed by atoms with van der Waals surface area (Å²) in [5, 5.41) is 0. The zero-order valence-corrected chi connectivity index (χ0v) is 15.3. The van der Waals surface area contributed by atoms with E-state index < -0.39 is 27.9 Å². The lowest BCUT2D eigenvalue weighted by Crippen LogP contribution is -2.42. The molecule has 4 rings (SSSR count). The van der Waals surface area contributed by atoms with Gasteiger partial charge in [-0.05, 0) is 42.8 Å². The zero-order valence-electron chi connectivity index (χ0n) is 14.5. The molecule has 0 radical (unpaired) electrons. The number of amides is 2. The molecule has 1 aromatic heterocycles. The van der Waals surface area contributed by atoms with Crippen molar-refractivity contribution in [3.05, 3.63) is 53.9 Å². The summed E-state index contributed by atoms with van der Waals surface area (Å²) in [5.41, 5.74) is 0.387. The van der Waals surface area contributed by atoms with Crippen LogP contribution < -0.4 is 4.74 Å². The van der Waals surface area contributed by atoms with Crippen LogP contribution in [0.15, 0.2) is 47.5 Å². The van der Waals surface area contributed by atoms with Crippen LogP contribution in [-0.4, -0.2) is 60.7 Å². The van der Waals surface area contributed by atoms with Crippen LogP contribution in [0.2, 0.25) is 0 Å². The average Bonchev–Trinajstić information content (AvgIpc) is 3.26. The molecule has 1 fully saturated rings. The van der Waals surface area contributed by atoms with Crippen molar-refractivity contribution < 1.29 is 22.7 Å². The fourth-order valence-electron chi connectivity index (χ4n) is 3.45. The average molecular weight is 387 g/mol. The summed E-state index contributed by atoms with van der Waals surface area (Å²) in [5.74, 6) is -0.326. The van der Waals surface area contributed by atoms with Gasteiger partial charge in [-0.25, -0.2) is 8.42 Å². The SMILES string of the molecule is COc1ccc(S(=O)(=O)N2CCC(N3C(=O)c4cccnc4C3=O)C2)cc1. The van der Waals surface area contributed by atoms with Crippen molar-refractivity contribution in [2.75, 3.05) is 20.2 Å². The number of hydrogen-bond acceptors (Lipinski definition) is 6. The highest BCUT2D eigenvalue weighted by Gasteiger charge is 2.45. The highest BCUT2D eigenvalue weighted by atomic mass is 32.2. The Kier molecular flexibility index (Phi) is 4.20. The molecule has 0 N–H and O–H groups in total. The number of ether oxygens (including phenoxy) is 1. The van der Waals surface area contributed by atoms with Gasteiger partial charge in [0.2, 0.25) is 10.0 Å². The van der Waals surface area contributed by atoms with Crippen molar-refractivity contribution in [3.63, 3.8) is 0 Å². The molecule has 8 nitrogen and oxygen atoms in total. The second-order valence-electron chi connectivity index (χ2n) is 6.36. The molecule has 27 heavy (non-hydrogen) atoms. The monoisotopic (exact) mass is 387 g/mol. The molecule has 0 aliphatic carbocycles. The summed E-state index contributed by atoms with van der Waals surface area (Å²) in [6.07, 6.45) is 1.85. The Bertz CT molecular complexity index is 985. The highest BCUT2D eigenvalue weighted by molar-refractivity contribution is 7.89. The molecule has 2 aromatic rings. The van der Waals surface area contributed by atoms with Crippen LogP contribution in [0.4, 0.5) is 0 Å². The van der Waals surface area contributed by atoms with Gasteiger partial charge < -0.3 is 4.74 Å². The van der Waals surface area contributed by atoms with Crippen LogP contribution in [0, 0.1) is 0 Å². The van der Waals surface area contributed by atoms with E-state index >= 15 is 0 Å². The molecule has 3 heterocycles. The van der Waals surface area contributed by atoms with E-state index in [-0.39, 0.29) is 29.2 Å². The molecular weight excluding hydrogens is 370 g/mol. The van der Waals surface area contributed by atoms with Gasteiger partial charge in [0.25, 0.3) is 11.8 Å². The molecular formula is C18H17N3O5S. The molecule has 1 saturated heterocycles. The standard InChI is InChI=1S/C18H17N3O5S/c1-26-13-4-6-14(7-5-13)27(24,25)20-10-8-12(11-20)21-17(22)15-3-2-9-19-16(15)18(21)23/h2-7,9,12H,8,10-11H2,1H3. The Morgan fingerprint density at radius 2 is 1.85 bits per heavy atom. The van der Waals surface area contributed by atoms with Crippen LogP contribution in [0.3, 0.4) is 0 Å². The maximum Gasteiger partial charge on any atom is 0.280 e. The van der Waals surface area contributed by atoms with E-state index in [0.717, 1.165) is 4.90 Å². The van der Waals surface area contributed by atoms with Crippen molar-refractivity contribution in [2.24, 2.45) is 0 Å². The Balaban J connectivity index is 1.55. The van der Waals surface area contributed by atoms with Gasteiger partial charge in [-0.3, -0.25) is 19.5 Å². The number of imide groups is 1. The largest absolute Gasteiger partial charge is 0.497 e. The summed E-state index contributed by atoms with van der Waals surface area (Å²) in [6, 6.07) is 8.77. The lowest BCUT2D eigenvalue weighted by Gasteiger charge is -2.22. The molecule has 2 aliphatic rings. The van der Waals surface area contributed by atoms with Gasteiger partial charge in [0.1, 0.15) is 11.4 Å². The quantitative estimate of drug-likeness (QED) is 0.730. The number of carbonyl (C=O) groups is 2. The van der Waals surface area contributed by atoms with Crippen molar-refractivity contribution in [2.45, 2.75) is 17.4 Å². The molecule has 140 valence electrons. The summed E-state index contributed by atoms with van der Waals surface area (Å²) < 4.78 is 32.1. The van der Waals surface area contributed by atoms with Gasteiger partial charge in [-0.1, -0.05) is 0 Å². The predicted molar refractivity (Wildman–Crippen MR) is 94.9 cm³/mol. The maximum absolute atomic E-state index is 12.9. The molecule has 2 aliphatic heterocycles. The molecule has 2 amide bonds. The topological polar surface area (TPSA) is 96.9 Å². The van der Waals surface area contributed by atoms with Crippen LogP contribution in [0.5, 0.6) is 5.75 Å². The maximum atomic E-state index is 12.9. The van der Waals surface area contributed by atoms with Crippen molar-refractivity contribution >= 4 is 21.8 Å². The normalized spacial score (nSPS) is 20.2. The predicted octanol–water partition coefficient (Wildman–Crippen LogP) is 1.15. The summed E-state index contributed by atoms with van der Waals surface area (Å²) >= 11 is 0. The van der Waals surface area contributed by atoms with Gasteiger partial charge in [0.15, 0.2) is 0 Å². The number of benzene rings is 1. The molecule has 0 spiro atoms. The van der Waals surface area contributed by atoms with Crippen molar-refractivity contribution in [3.8, 4) is 5.75 Å². The summed E-state index contributed by atoms with van der Waals surface area (Å²) in [6.45, 7) is 0.305. The second kappa shape index (κ2) is 6.43. The van der Waals surface area contributed by atoms with Crippen LogP contribution >= 0.6 is 0 Å². The number of nitrogens with zero attached hydrogens (tertiary/aromatic N) is 3. The third-order valence-electron chi connectivity index (χ3n) is 4.87. The summed E-state index contributed by atoms with van der Waals surface area (Å²) in [7, 11) is -2.21. The number of methoxy groups -OCH3 is 1. The van der Waals surface area contributed by atoms with E-state index in [1.165, 1.54) is 29.7 Å². The van der Waals surface area contributed by atoms with E-state index in [4.69, 9.17) is 4.74 Å². The lowest BCUT2D eigenvalue weighted by molar-refractivity contribution is 0.0591. The van der Waals surface area contributed by atoms with E-state index in [1.807, 2.05) is 0 Å². The summed E-state index contributed by atoms with van der Waals surface area (Å²) in [4.78, 5) is 30.4. The van der Waals surface area contributed by atoms with Gasteiger partial charge in [-0.15, -0.1) is 0 Å². The number of pyridine rings is 1. The first-order chi connectivity index (χ1) is 12.9. The fourth-order valence-corrected chi connectivity index (χ4v) is 4.94.